The fraction of sp³-hybridized carbons (Fsp3) is 0.769. The molecular formula is C13H15F6NO3. The van der Waals surface area contributed by atoms with Crippen LogP contribution in [-0.2, 0) is 14.3 Å². The Morgan fingerprint density at radius 2 is 1.70 bits per heavy atom. The third kappa shape index (κ3) is 3.32. The number of allylic oxidation sites excluding steroid dienone is 1. The van der Waals surface area contributed by atoms with Gasteiger partial charge in [0.1, 0.15) is 5.70 Å². The monoisotopic (exact) mass is 347 g/mol. The molecule has 2 rings (SSSR count). The van der Waals surface area contributed by atoms with Crippen LogP contribution in [0.5, 0.6) is 0 Å². The van der Waals surface area contributed by atoms with Crippen molar-refractivity contribution in [3.05, 3.63) is 11.3 Å². The average molecular weight is 347 g/mol. The molecule has 23 heavy (non-hydrogen) atoms. The first-order chi connectivity index (χ1) is 10.5. The van der Waals surface area contributed by atoms with Gasteiger partial charge in [-0.2, -0.15) is 26.3 Å². The second-order valence-electron chi connectivity index (χ2n) is 5.49. The van der Waals surface area contributed by atoms with Crippen LogP contribution in [0.15, 0.2) is 11.3 Å². The molecule has 1 heterocycles. The summed E-state index contributed by atoms with van der Waals surface area (Å²) in [5.41, 5.74) is -2.91. The summed E-state index contributed by atoms with van der Waals surface area (Å²) in [6, 6.07) is -1.05. The van der Waals surface area contributed by atoms with Gasteiger partial charge in [-0.05, 0) is 6.42 Å². The SMILES string of the molecule is COC1CC(OC)C2NC(C(F)(F)F)=C(C(=O)C(F)(F)F)C2C1. The molecule has 0 bridgehead atoms. The Labute approximate surface area is 127 Å². The van der Waals surface area contributed by atoms with E-state index in [1.807, 2.05) is 5.32 Å². The molecule has 1 saturated carbocycles. The summed E-state index contributed by atoms with van der Waals surface area (Å²) in [5, 5.41) is 2.03. The molecule has 4 nitrogen and oxygen atoms in total. The number of fused-ring (bicyclic) bond motifs is 1. The summed E-state index contributed by atoms with van der Waals surface area (Å²) in [6.45, 7) is 0. The molecule has 1 N–H and O–H groups in total. The van der Waals surface area contributed by atoms with Gasteiger partial charge in [-0.25, -0.2) is 0 Å². The molecule has 4 unspecified atom stereocenters. The molecule has 0 saturated heterocycles. The highest BCUT2D eigenvalue weighted by molar-refractivity contribution is 6.01. The fourth-order valence-electron chi connectivity index (χ4n) is 3.22. The quantitative estimate of drug-likeness (QED) is 0.797. The van der Waals surface area contributed by atoms with E-state index in [1.54, 1.807) is 0 Å². The van der Waals surface area contributed by atoms with Gasteiger partial charge in [-0.1, -0.05) is 0 Å². The molecule has 0 aromatic carbocycles. The summed E-state index contributed by atoms with van der Waals surface area (Å²) in [6.07, 6.45) is -11.8. The van der Waals surface area contributed by atoms with Gasteiger partial charge >= 0.3 is 12.4 Å². The van der Waals surface area contributed by atoms with Crippen LogP contribution in [-0.4, -0.2) is 50.6 Å². The Morgan fingerprint density at radius 3 is 2.13 bits per heavy atom. The summed E-state index contributed by atoms with van der Waals surface area (Å²) in [4.78, 5) is 11.6. The number of halogens is 6. The molecule has 0 radical (unpaired) electrons. The number of hydrogen-bond acceptors (Lipinski definition) is 4. The maximum Gasteiger partial charge on any atom is 0.454 e. The number of ether oxygens (including phenoxy) is 2. The summed E-state index contributed by atoms with van der Waals surface area (Å²) >= 11 is 0. The molecule has 10 heteroatoms. The number of nitrogens with one attached hydrogen (secondary N) is 1. The maximum atomic E-state index is 13.1. The van der Waals surface area contributed by atoms with Crippen molar-refractivity contribution < 1.29 is 40.6 Å². The highest BCUT2D eigenvalue weighted by atomic mass is 19.4. The Hall–Kier alpha value is -1.29. The molecule has 1 aliphatic carbocycles. The molecule has 132 valence electrons. The molecular weight excluding hydrogens is 332 g/mol. The van der Waals surface area contributed by atoms with E-state index >= 15 is 0 Å². The minimum Gasteiger partial charge on any atom is -0.381 e. The van der Waals surface area contributed by atoms with Crippen molar-refractivity contribution in [2.75, 3.05) is 14.2 Å². The standard InChI is InChI=1S/C13H15F6NO3/c1-22-5-3-6-8(11(21)13(17,18)19)10(12(14,15)16)20-9(6)7(4-5)23-2/h5-7,9,20H,3-4H2,1-2H3. The lowest BCUT2D eigenvalue weighted by atomic mass is 9.77. The normalized spacial score (nSPS) is 31.8. The van der Waals surface area contributed by atoms with Crippen LogP contribution < -0.4 is 5.32 Å². The van der Waals surface area contributed by atoms with Crippen molar-refractivity contribution in [1.29, 1.82) is 0 Å². The second-order valence-corrected chi connectivity index (χ2v) is 5.49. The van der Waals surface area contributed by atoms with Crippen LogP contribution in [0.3, 0.4) is 0 Å². The van der Waals surface area contributed by atoms with Gasteiger partial charge in [0, 0.05) is 32.1 Å². The van der Waals surface area contributed by atoms with E-state index in [4.69, 9.17) is 9.47 Å². The number of methoxy groups -OCH3 is 2. The minimum atomic E-state index is -5.38. The van der Waals surface area contributed by atoms with E-state index in [9.17, 15) is 31.1 Å². The number of hydrogen-bond donors (Lipinski definition) is 1. The topological polar surface area (TPSA) is 47.6 Å². The minimum absolute atomic E-state index is 0.120. The number of carbonyl (C=O) groups is 1. The lowest BCUT2D eigenvalue weighted by Gasteiger charge is -2.38. The van der Waals surface area contributed by atoms with Gasteiger partial charge in [0.2, 0.25) is 0 Å². The zero-order valence-electron chi connectivity index (χ0n) is 12.2. The third-order valence-corrected chi connectivity index (χ3v) is 4.22. The van der Waals surface area contributed by atoms with Gasteiger partial charge in [0.05, 0.1) is 18.2 Å². The highest BCUT2D eigenvalue weighted by Gasteiger charge is 2.57. The van der Waals surface area contributed by atoms with Crippen LogP contribution in [0.4, 0.5) is 26.3 Å². The molecule has 1 fully saturated rings. The van der Waals surface area contributed by atoms with E-state index in [1.165, 1.54) is 14.2 Å². The van der Waals surface area contributed by atoms with Gasteiger partial charge in [-0.15, -0.1) is 0 Å². The smallest absolute Gasteiger partial charge is 0.381 e. The third-order valence-electron chi connectivity index (χ3n) is 4.22. The van der Waals surface area contributed by atoms with Crippen LogP contribution in [0.1, 0.15) is 12.8 Å². The van der Waals surface area contributed by atoms with Crippen molar-refractivity contribution in [2.24, 2.45) is 5.92 Å². The van der Waals surface area contributed by atoms with E-state index in [2.05, 4.69) is 0 Å². The molecule has 2 aliphatic rings. The lowest BCUT2D eigenvalue weighted by Crippen LogP contribution is -2.49. The van der Waals surface area contributed by atoms with Crippen molar-refractivity contribution in [1.82, 2.24) is 5.32 Å². The fourth-order valence-corrected chi connectivity index (χ4v) is 3.22. The van der Waals surface area contributed by atoms with Gasteiger partial charge in [0.25, 0.3) is 5.78 Å². The predicted molar refractivity (Wildman–Crippen MR) is 65.4 cm³/mol. The number of ketones is 1. The van der Waals surface area contributed by atoms with E-state index < -0.39 is 53.6 Å². The van der Waals surface area contributed by atoms with Crippen molar-refractivity contribution in [2.45, 2.75) is 43.4 Å². The van der Waals surface area contributed by atoms with Gasteiger partial charge in [0.15, 0.2) is 0 Å². The van der Waals surface area contributed by atoms with Gasteiger partial charge in [-0.3, -0.25) is 4.79 Å². The molecule has 0 amide bonds. The predicted octanol–water partition coefficient (Wildman–Crippen LogP) is 2.35. The van der Waals surface area contributed by atoms with Crippen LogP contribution >= 0.6 is 0 Å². The van der Waals surface area contributed by atoms with Crippen LogP contribution in [0.2, 0.25) is 0 Å². The first-order valence-electron chi connectivity index (χ1n) is 6.75. The van der Waals surface area contributed by atoms with E-state index in [0.29, 0.717) is 0 Å². The van der Waals surface area contributed by atoms with Crippen LogP contribution in [0.25, 0.3) is 0 Å². The number of carbonyl (C=O) groups excluding carboxylic acids is 1. The first-order valence-corrected chi connectivity index (χ1v) is 6.75. The Bertz CT molecular complexity index is 513. The number of rotatable bonds is 3. The van der Waals surface area contributed by atoms with Crippen molar-refractivity contribution in [3.63, 3.8) is 0 Å². The Morgan fingerprint density at radius 1 is 1.09 bits per heavy atom. The molecule has 4 atom stereocenters. The zero-order chi connectivity index (χ0) is 17.6. The summed E-state index contributed by atoms with van der Waals surface area (Å²) < 4.78 is 87.6. The van der Waals surface area contributed by atoms with Gasteiger partial charge < -0.3 is 14.8 Å². The first kappa shape index (κ1) is 18.1. The molecule has 0 spiro atoms. The highest BCUT2D eigenvalue weighted by Crippen LogP contribution is 2.45. The number of alkyl halides is 6. The second kappa shape index (κ2) is 5.97. The largest absolute Gasteiger partial charge is 0.454 e. The van der Waals surface area contributed by atoms with Crippen LogP contribution in [0, 0.1) is 5.92 Å². The number of Topliss-reactive ketones (excluding diaryl/α,β-unsaturated/α-hetero) is 1. The Kier molecular flexibility index (Phi) is 4.69. The van der Waals surface area contributed by atoms with E-state index in [-0.39, 0.29) is 12.8 Å². The zero-order valence-corrected chi connectivity index (χ0v) is 12.2. The maximum absolute atomic E-state index is 13.1. The average Bonchev–Trinajstić information content (AvgIpc) is 2.83. The Balaban J connectivity index is 2.49. The molecule has 1 aliphatic heterocycles. The lowest BCUT2D eigenvalue weighted by molar-refractivity contribution is -0.168. The van der Waals surface area contributed by atoms with Crippen molar-refractivity contribution in [3.8, 4) is 0 Å². The van der Waals surface area contributed by atoms with E-state index in [0.717, 1.165) is 0 Å². The van der Waals surface area contributed by atoms with Crippen molar-refractivity contribution >= 4 is 5.78 Å². The molecule has 0 aromatic rings. The summed E-state index contributed by atoms with van der Waals surface area (Å²) in [5.74, 6) is -3.75. The summed E-state index contributed by atoms with van der Waals surface area (Å²) in [7, 11) is 2.55. The molecule has 0 aromatic heterocycles.